The number of hydrogen-bond donors (Lipinski definition) is 2. The molecular weight excluding hydrogens is 320 g/mol. The summed E-state index contributed by atoms with van der Waals surface area (Å²) in [7, 11) is 0. The second-order valence-corrected chi connectivity index (χ2v) is 6.42. The van der Waals surface area contributed by atoms with Gasteiger partial charge in [0.15, 0.2) is 0 Å². The minimum absolute atomic E-state index is 0.0288. The van der Waals surface area contributed by atoms with Crippen LogP contribution in [-0.4, -0.2) is 46.9 Å². The van der Waals surface area contributed by atoms with E-state index in [0.717, 1.165) is 18.4 Å². The fourth-order valence-corrected chi connectivity index (χ4v) is 3.19. The summed E-state index contributed by atoms with van der Waals surface area (Å²) in [5, 5.41) is 12.2. The third-order valence-corrected chi connectivity index (χ3v) is 4.63. The van der Waals surface area contributed by atoms with Crippen molar-refractivity contribution in [1.82, 2.24) is 10.2 Å². The van der Waals surface area contributed by atoms with Gasteiger partial charge in [0.1, 0.15) is 6.04 Å². The molecular formula is C19H26N2O4. The molecule has 0 saturated carbocycles. The van der Waals surface area contributed by atoms with Crippen molar-refractivity contribution >= 4 is 17.8 Å². The Morgan fingerprint density at radius 2 is 1.96 bits per heavy atom. The highest BCUT2D eigenvalue weighted by Crippen LogP contribution is 2.18. The van der Waals surface area contributed by atoms with Crippen molar-refractivity contribution in [3.63, 3.8) is 0 Å². The number of hydrogen-bond acceptors (Lipinski definition) is 3. The van der Waals surface area contributed by atoms with Crippen LogP contribution in [0.4, 0.5) is 0 Å². The van der Waals surface area contributed by atoms with Gasteiger partial charge < -0.3 is 15.3 Å². The summed E-state index contributed by atoms with van der Waals surface area (Å²) in [5.41, 5.74) is 0.921. The molecule has 0 aromatic heterocycles. The molecule has 2 N–H and O–H groups in total. The largest absolute Gasteiger partial charge is 0.481 e. The lowest BCUT2D eigenvalue weighted by Gasteiger charge is -2.34. The molecule has 1 aromatic rings. The molecule has 0 radical (unpaired) electrons. The van der Waals surface area contributed by atoms with Gasteiger partial charge in [0.2, 0.25) is 11.8 Å². The Morgan fingerprint density at radius 3 is 2.60 bits per heavy atom. The van der Waals surface area contributed by atoms with E-state index in [1.54, 1.807) is 11.8 Å². The topological polar surface area (TPSA) is 86.7 Å². The van der Waals surface area contributed by atoms with Crippen molar-refractivity contribution in [2.75, 3.05) is 13.1 Å². The van der Waals surface area contributed by atoms with Gasteiger partial charge in [0, 0.05) is 19.5 Å². The molecule has 1 aliphatic rings. The predicted molar refractivity (Wildman–Crippen MR) is 93.9 cm³/mol. The maximum absolute atomic E-state index is 12.5. The van der Waals surface area contributed by atoms with Crippen LogP contribution in [0.25, 0.3) is 0 Å². The lowest BCUT2D eigenvalue weighted by Crippen LogP contribution is -2.52. The number of amides is 2. The molecule has 1 fully saturated rings. The van der Waals surface area contributed by atoms with E-state index >= 15 is 0 Å². The first-order valence-corrected chi connectivity index (χ1v) is 8.86. The number of carbonyl (C=O) groups excluding carboxylic acids is 2. The van der Waals surface area contributed by atoms with Crippen molar-refractivity contribution in [1.29, 1.82) is 0 Å². The van der Waals surface area contributed by atoms with Crippen LogP contribution in [0.2, 0.25) is 0 Å². The minimum atomic E-state index is -0.936. The molecule has 2 amide bonds. The van der Waals surface area contributed by atoms with Crippen LogP contribution in [0.3, 0.4) is 0 Å². The van der Waals surface area contributed by atoms with Gasteiger partial charge in [0.05, 0.1) is 5.92 Å². The van der Waals surface area contributed by atoms with Crippen LogP contribution < -0.4 is 5.32 Å². The van der Waals surface area contributed by atoms with Crippen LogP contribution in [0.15, 0.2) is 30.3 Å². The molecule has 6 heteroatoms. The molecule has 6 nitrogen and oxygen atoms in total. The number of piperidine rings is 1. The molecule has 136 valence electrons. The zero-order chi connectivity index (χ0) is 18.2. The summed E-state index contributed by atoms with van der Waals surface area (Å²) in [4.78, 5) is 37.7. The summed E-state index contributed by atoms with van der Waals surface area (Å²) >= 11 is 0. The number of carboxylic acid groups (broad SMARTS) is 1. The van der Waals surface area contributed by atoms with Gasteiger partial charge in [-0.25, -0.2) is 0 Å². The standard InChI is InChI=1S/C19H26N2O4/c1-2-17(22)21-11-7-6-10-16(21)18(23)20-13-15(19(24)25)12-14-8-4-3-5-9-14/h3-5,8-9,15-16H,2,6-7,10-13H2,1H3,(H,20,23)(H,24,25). The van der Waals surface area contributed by atoms with Gasteiger partial charge in [-0.2, -0.15) is 0 Å². The van der Waals surface area contributed by atoms with Crippen LogP contribution in [0.5, 0.6) is 0 Å². The Kier molecular flexibility index (Phi) is 6.98. The van der Waals surface area contributed by atoms with Crippen molar-refractivity contribution < 1.29 is 19.5 Å². The zero-order valence-corrected chi connectivity index (χ0v) is 14.6. The van der Waals surface area contributed by atoms with Crippen molar-refractivity contribution in [3.8, 4) is 0 Å². The van der Waals surface area contributed by atoms with Crippen molar-refractivity contribution in [3.05, 3.63) is 35.9 Å². The monoisotopic (exact) mass is 346 g/mol. The summed E-state index contributed by atoms with van der Waals surface area (Å²) in [5.74, 6) is -1.90. The Balaban J connectivity index is 1.95. The molecule has 0 aliphatic carbocycles. The van der Waals surface area contributed by atoms with Gasteiger partial charge in [-0.3, -0.25) is 14.4 Å². The van der Waals surface area contributed by atoms with Gasteiger partial charge in [-0.05, 0) is 31.2 Å². The Hall–Kier alpha value is -2.37. The average Bonchev–Trinajstić information content (AvgIpc) is 2.64. The van der Waals surface area contributed by atoms with Gasteiger partial charge in [-0.15, -0.1) is 0 Å². The van der Waals surface area contributed by atoms with Gasteiger partial charge in [0.25, 0.3) is 0 Å². The second kappa shape index (κ2) is 9.20. The van der Waals surface area contributed by atoms with E-state index in [4.69, 9.17) is 0 Å². The second-order valence-electron chi connectivity index (χ2n) is 6.42. The lowest BCUT2D eigenvalue weighted by molar-refractivity contribution is -0.144. The van der Waals surface area contributed by atoms with Crippen LogP contribution in [0.1, 0.15) is 38.2 Å². The number of rotatable bonds is 7. The van der Waals surface area contributed by atoms with E-state index in [0.29, 0.717) is 25.8 Å². The minimum Gasteiger partial charge on any atom is -0.481 e. The number of carbonyl (C=O) groups is 3. The average molecular weight is 346 g/mol. The number of nitrogens with one attached hydrogen (secondary N) is 1. The first-order valence-electron chi connectivity index (χ1n) is 8.86. The van der Waals surface area contributed by atoms with Crippen LogP contribution >= 0.6 is 0 Å². The van der Waals surface area contributed by atoms with E-state index in [1.165, 1.54) is 0 Å². The summed E-state index contributed by atoms with van der Waals surface area (Å²) in [6, 6.07) is 8.88. The zero-order valence-electron chi connectivity index (χ0n) is 14.6. The third kappa shape index (κ3) is 5.31. The molecule has 1 saturated heterocycles. The molecule has 0 spiro atoms. The highest BCUT2D eigenvalue weighted by atomic mass is 16.4. The molecule has 2 unspecified atom stereocenters. The van der Waals surface area contributed by atoms with E-state index in [9.17, 15) is 19.5 Å². The summed E-state index contributed by atoms with van der Waals surface area (Å²) in [6.45, 7) is 2.44. The Morgan fingerprint density at radius 1 is 1.24 bits per heavy atom. The SMILES string of the molecule is CCC(=O)N1CCCCC1C(=O)NCC(Cc1ccccc1)C(=O)O. The molecule has 1 aromatic carbocycles. The van der Waals surface area contributed by atoms with Gasteiger partial charge in [-0.1, -0.05) is 37.3 Å². The molecule has 2 rings (SSSR count). The van der Waals surface area contributed by atoms with Crippen LogP contribution in [-0.2, 0) is 20.8 Å². The fourth-order valence-electron chi connectivity index (χ4n) is 3.19. The van der Waals surface area contributed by atoms with Crippen LogP contribution in [0, 0.1) is 5.92 Å². The third-order valence-electron chi connectivity index (χ3n) is 4.63. The quantitative estimate of drug-likeness (QED) is 0.789. The first-order chi connectivity index (χ1) is 12.0. The number of aliphatic carboxylic acids is 1. The number of carboxylic acids is 1. The maximum atomic E-state index is 12.5. The molecule has 1 heterocycles. The fraction of sp³-hybridized carbons (Fsp3) is 0.526. The van der Waals surface area contributed by atoms with Crippen molar-refractivity contribution in [2.45, 2.75) is 45.1 Å². The summed E-state index contributed by atoms with van der Waals surface area (Å²) < 4.78 is 0. The number of likely N-dealkylation sites (tertiary alicyclic amines) is 1. The van der Waals surface area contributed by atoms with E-state index in [2.05, 4.69) is 5.32 Å². The molecule has 25 heavy (non-hydrogen) atoms. The molecule has 0 bridgehead atoms. The highest BCUT2D eigenvalue weighted by Gasteiger charge is 2.31. The molecule has 1 aliphatic heterocycles. The van der Waals surface area contributed by atoms with E-state index < -0.39 is 17.9 Å². The Labute approximate surface area is 148 Å². The predicted octanol–water partition coefficient (Wildman–Crippen LogP) is 1.84. The van der Waals surface area contributed by atoms with Gasteiger partial charge >= 0.3 is 5.97 Å². The number of benzene rings is 1. The highest BCUT2D eigenvalue weighted by molar-refractivity contribution is 5.88. The molecule has 2 atom stereocenters. The van der Waals surface area contributed by atoms with E-state index in [-0.39, 0.29) is 18.4 Å². The van der Waals surface area contributed by atoms with Crippen molar-refractivity contribution in [2.24, 2.45) is 5.92 Å². The van der Waals surface area contributed by atoms with E-state index in [1.807, 2.05) is 30.3 Å². The lowest BCUT2D eigenvalue weighted by atomic mass is 9.98. The smallest absolute Gasteiger partial charge is 0.308 e. The normalized spacial score (nSPS) is 18.4. The Bertz CT molecular complexity index is 603. The first kappa shape index (κ1) is 19.0. The number of nitrogens with zero attached hydrogens (tertiary/aromatic N) is 1. The summed E-state index contributed by atoms with van der Waals surface area (Å²) in [6.07, 6.45) is 3.17. The maximum Gasteiger partial charge on any atom is 0.308 e.